The molecule has 0 aliphatic heterocycles. The van der Waals surface area contributed by atoms with Crippen molar-refractivity contribution in [2.75, 3.05) is 0 Å². The van der Waals surface area contributed by atoms with Crippen molar-refractivity contribution in [3.8, 4) is 0 Å². The van der Waals surface area contributed by atoms with Gasteiger partial charge in [0.15, 0.2) is 5.58 Å². The summed E-state index contributed by atoms with van der Waals surface area (Å²) < 4.78 is 4.86. The number of fused-ring (bicyclic) bond motifs is 1. The first-order chi connectivity index (χ1) is 7.56. The molecule has 2 rings (SSSR count). The Morgan fingerprint density at radius 1 is 1.50 bits per heavy atom. The van der Waals surface area contributed by atoms with Gasteiger partial charge in [0.2, 0.25) is 0 Å². The Labute approximate surface area is 90.0 Å². The van der Waals surface area contributed by atoms with Crippen molar-refractivity contribution in [3.63, 3.8) is 0 Å². The Morgan fingerprint density at radius 2 is 2.25 bits per heavy atom. The van der Waals surface area contributed by atoms with E-state index in [0.717, 1.165) is 0 Å². The van der Waals surface area contributed by atoms with E-state index in [1.807, 2.05) is 0 Å². The molecule has 2 aromatic rings. The SMILES string of the molecule is C/C(=C\c1ccc2[nH]c(=O)oc2c1)C(=O)O. The highest BCUT2D eigenvalue weighted by molar-refractivity contribution is 5.92. The minimum absolute atomic E-state index is 0.220. The molecule has 1 aromatic heterocycles. The average Bonchev–Trinajstić information content (AvgIpc) is 2.57. The highest BCUT2D eigenvalue weighted by Gasteiger charge is 2.03. The van der Waals surface area contributed by atoms with E-state index < -0.39 is 11.7 Å². The first-order valence-corrected chi connectivity index (χ1v) is 4.61. The minimum Gasteiger partial charge on any atom is -0.478 e. The maximum Gasteiger partial charge on any atom is 0.417 e. The fourth-order valence-corrected chi connectivity index (χ4v) is 1.36. The second-order valence-electron chi connectivity index (χ2n) is 3.40. The minimum atomic E-state index is -0.976. The lowest BCUT2D eigenvalue weighted by Crippen LogP contribution is -1.95. The normalized spacial score (nSPS) is 11.9. The first kappa shape index (κ1) is 10.2. The van der Waals surface area contributed by atoms with E-state index >= 15 is 0 Å². The van der Waals surface area contributed by atoms with Crippen LogP contribution in [-0.2, 0) is 4.79 Å². The molecular formula is C11H9NO4. The van der Waals surface area contributed by atoms with Gasteiger partial charge in [-0.25, -0.2) is 9.59 Å². The third kappa shape index (κ3) is 1.88. The molecule has 0 aliphatic rings. The van der Waals surface area contributed by atoms with E-state index in [9.17, 15) is 9.59 Å². The topological polar surface area (TPSA) is 83.3 Å². The van der Waals surface area contributed by atoms with Gasteiger partial charge in [-0.2, -0.15) is 0 Å². The summed E-state index contributed by atoms with van der Waals surface area (Å²) in [5.41, 5.74) is 1.90. The molecule has 82 valence electrons. The summed E-state index contributed by atoms with van der Waals surface area (Å²) in [6.07, 6.45) is 1.51. The van der Waals surface area contributed by atoms with E-state index in [4.69, 9.17) is 9.52 Å². The smallest absolute Gasteiger partial charge is 0.417 e. The van der Waals surface area contributed by atoms with Crippen molar-refractivity contribution in [1.82, 2.24) is 4.98 Å². The zero-order chi connectivity index (χ0) is 11.7. The van der Waals surface area contributed by atoms with Crippen LogP contribution in [0.25, 0.3) is 17.2 Å². The maximum atomic E-state index is 10.9. The summed E-state index contributed by atoms with van der Waals surface area (Å²) in [5.74, 6) is -1.50. The number of aliphatic carboxylic acids is 1. The molecule has 1 heterocycles. The highest BCUT2D eigenvalue weighted by atomic mass is 16.4. The van der Waals surface area contributed by atoms with Gasteiger partial charge in [0, 0.05) is 5.57 Å². The maximum absolute atomic E-state index is 10.9. The number of aromatic amines is 1. The zero-order valence-electron chi connectivity index (χ0n) is 8.48. The molecule has 16 heavy (non-hydrogen) atoms. The number of hydrogen-bond donors (Lipinski definition) is 2. The molecule has 0 bridgehead atoms. The number of rotatable bonds is 2. The number of hydrogen-bond acceptors (Lipinski definition) is 3. The van der Waals surface area contributed by atoms with Crippen molar-refractivity contribution in [2.45, 2.75) is 6.92 Å². The van der Waals surface area contributed by atoms with Crippen molar-refractivity contribution in [2.24, 2.45) is 0 Å². The van der Waals surface area contributed by atoms with Crippen LogP contribution in [0.4, 0.5) is 0 Å². The second kappa shape index (κ2) is 3.69. The van der Waals surface area contributed by atoms with E-state index in [0.29, 0.717) is 16.7 Å². The Morgan fingerprint density at radius 3 is 2.94 bits per heavy atom. The highest BCUT2D eigenvalue weighted by Crippen LogP contribution is 2.14. The molecule has 2 N–H and O–H groups in total. The molecule has 0 saturated carbocycles. The van der Waals surface area contributed by atoms with Gasteiger partial charge in [-0.1, -0.05) is 6.07 Å². The van der Waals surface area contributed by atoms with E-state index in [1.165, 1.54) is 13.0 Å². The molecule has 0 radical (unpaired) electrons. The standard InChI is InChI=1S/C11H9NO4/c1-6(10(13)14)4-7-2-3-8-9(5-7)16-11(15)12-8/h2-5H,1H3,(H,12,15)(H,13,14)/b6-4+. The fourth-order valence-electron chi connectivity index (χ4n) is 1.36. The summed E-state index contributed by atoms with van der Waals surface area (Å²) in [4.78, 5) is 24.0. The van der Waals surface area contributed by atoms with Crippen molar-refractivity contribution >= 4 is 23.1 Å². The predicted molar refractivity (Wildman–Crippen MR) is 58.1 cm³/mol. The number of benzene rings is 1. The molecular weight excluding hydrogens is 210 g/mol. The lowest BCUT2D eigenvalue weighted by molar-refractivity contribution is -0.132. The number of carbonyl (C=O) groups is 1. The predicted octanol–water partition coefficient (Wildman–Crippen LogP) is 1.61. The summed E-state index contributed by atoms with van der Waals surface area (Å²) in [5, 5.41) is 8.71. The first-order valence-electron chi connectivity index (χ1n) is 4.61. The molecule has 0 spiro atoms. The number of oxazole rings is 1. The molecule has 0 atom stereocenters. The molecule has 0 saturated heterocycles. The zero-order valence-corrected chi connectivity index (χ0v) is 8.48. The number of H-pyrrole nitrogens is 1. The van der Waals surface area contributed by atoms with Gasteiger partial charge in [-0.15, -0.1) is 0 Å². The van der Waals surface area contributed by atoms with Gasteiger partial charge in [-0.3, -0.25) is 4.98 Å². The van der Waals surface area contributed by atoms with Gasteiger partial charge >= 0.3 is 11.7 Å². The summed E-state index contributed by atoms with van der Waals surface area (Å²) >= 11 is 0. The Hall–Kier alpha value is -2.30. The van der Waals surface area contributed by atoms with Crippen LogP contribution in [0.1, 0.15) is 12.5 Å². The molecule has 5 heteroatoms. The molecule has 1 aromatic carbocycles. The molecule has 0 fully saturated rings. The van der Waals surface area contributed by atoms with Gasteiger partial charge in [0.1, 0.15) is 0 Å². The second-order valence-corrected chi connectivity index (χ2v) is 3.40. The van der Waals surface area contributed by atoms with Crippen LogP contribution in [0.2, 0.25) is 0 Å². The monoisotopic (exact) mass is 219 g/mol. The van der Waals surface area contributed by atoms with Crippen LogP contribution in [0.15, 0.2) is 33.0 Å². The van der Waals surface area contributed by atoms with Crippen LogP contribution < -0.4 is 5.76 Å². The Balaban J connectivity index is 2.51. The largest absolute Gasteiger partial charge is 0.478 e. The van der Waals surface area contributed by atoms with Crippen molar-refractivity contribution < 1.29 is 14.3 Å². The number of carboxylic acids is 1. The molecule has 0 unspecified atom stereocenters. The van der Waals surface area contributed by atoms with Gasteiger partial charge in [-0.05, 0) is 30.7 Å². The van der Waals surface area contributed by atoms with Crippen LogP contribution in [0, 0.1) is 0 Å². The van der Waals surface area contributed by atoms with Crippen molar-refractivity contribution in [3.05, 3.63) is 39.9 Å². The van der Waals surface area contributed by atoms with Crippen LogP contribution >= 0.6 is 0 Å². The van der Waals surface area contributed by atoms with Crippen LogP contribution in [0.5, 0.6) is 0 Å². The summed E-state index contributed by atoms with van der Waals surface area (Å²) in [6.45, 7) is 1.50. The van der Waals surface area contributed by atoms with E-state index in [-0.39, 0.29) is 5.57 Å². The third-order valence-electron chi connectivity index (χ3n) is 2.17. The van der Waals surface area contributed by atoms with E-state index in [2.05, 4.69) is 4.98 Å². The summed E-state index contributed by atoms with van der Waals surface area (Å²) in [7, 11) is 0. The van der Waals surface area contributed by atoms with Crippen LogP contribution in [0.3, 0.4) is 0 Å². The lowest BCUT2D eigenvalue weighted by Gasteiger charge is -1.95. The Kier molecular flexibility index (Phi) is 2.36. The van der Waals surface area contributed by atoms with Gasteiger partial charge in [0.25, 0.3) is 0 Å². The lowest BCUT2D eigenvalue weighted by atomic mass is 10.1. The fraction of sp³-hybridized carbons (Fsp3) is 0.0909. The average molecular weight is 219 g/mol. The third-order valence-corrected chi connectivity index (χ3v) is 2.17. The number of carboxylic acid groups (broad SMARTS) is 1. The van der Waals surface area contributed by atoms with Crippen molar-refractivity contribution in [1.29, 1.82) is 0 Å². The summed E-state index contributed by atoms with van der Waals surface area (Å²) in [6, 6.07) is 4.99. The van der Waals surface area contributed by atoms with Gasteiger partial charge in [0.05, 0.1) is 5.52 Å². The number of nitrogens with one attached hydrogen (secondary N) is 1. The molecule has 5 nitrogen and oxygen atoms in total. The number of aromatic nitrogens is 1. The molecule has 0 aliphatic carbocycles. The van der Waals surface area contributed by atoms with Gasteiger partial charge < -0.3 is 9.52 Å². The van der Waals surface area contributed by atoms with E-state index in [1.54, 1.807) is 18.2 Å². The quantitative estimate of drug-likeness (QED) is 0.751. The van der Waals surface area contributed by atoms with Crippen LogP contribution in [-0.4, -0.2) is 16.1 Å². The molecule has 0 amide bonds. The Bertz CT molecular complexity index is 633.